The van der Waals surface area contributed by atoms with Crippen LogP contribution in [0.1, 0.15) is 16.7 Å². The lowest BCUT2D eigenvalue weighted by Crippen LogP contribution is -2.26. The van der Waals surface area contributed by atoms with Gasteiger partial charge in [0.15, 0.2) is 0 Å². The average molecular weight is 329 g/mol. The summed E-state index contributed by atoms with van der Waals surface area (Å²) in [6.45, 7) is 2.43. The minimum Gasteiger partial charge on any atom is -0.361 e. The molecule has 0 spiro atoms. The number of hydrogen-bond acceptors (Lipinski definition) is 2. The predicted molar refractivity (Wildman–Crippen MR) is 99.8 cm³/mol. The smallest absolute Gasteiger partial charge is 0.261 e. The fourth-order valence-corrected chi connectivity index (χ4v) is 2.80. The van der Waals surface area contributed by atoms with Crippen LogP contribution in [0.25, 0.3) is 17.0 Å². The first-order valence-electron chi connectivity index (χ1n) is 8.19. The number of para-hydroxylation sites is 1. The van der Waals surface area contributed by atoms with Crippen molar-refractivity contribution in [3.05, 3.63) is 77.0 Å². The molecule has 0 saturated carbocycles. The van der Waals surface area contributed by atoms with Gasteiger partial charge in [-0.05, 0) is 42.2 Å². The molecule has 0 aliphatic heterocycles. The zero-order valence-electron chi connectivity index (χ0n) is 14.0. The molecule has 3 rings (SSSR count). The second kappa shape index (κ2) is 7.50. The van der Waals surface area contributed by atoms with Gasteiger partial charge in [-0.2, -0.15) is 5.26 Å². The molecule has 1 aromatic heterocycles. The number of rotatable bonds is 5. The first-order chi connectivity index (χ1) is 12.2. The zero-order chi connectivity index (χ0) is 17.6. The van der Waals surface area contributed by atoms with E-state index in [9.17, 15) is 10.1 Å². The molecule has 3 aromatic rings. The Balaban J connectivity index is 1.65. The molecule has 0 fully saturated rings. The highest BCUT2D eigenvalue weighted by Gasteiger charge is 2.10. The van der Waals surface area contributed by atoms with Crippen LogP contribution in [0.2, 0.25) is 0 Å². The van der Waals surface area contributed by atoms with E-state index < -0.39 is 0 Å². The topological polar surface area (TPSA) is 68.7 Å². The van der Waals surface area contributed by atoms with Gasteiger partial charge >= 0.3 is 0 Å². The second-order valence-corrected chi connectivity index (χ2v) is 5.89. The summed E-state index contributed by atoms with van der Waals surface area (Å²) in [7, 11) is 0. The first-order valence-corrected chi connectivity index (χ1v) is 8.19. The number of fused-ring (bicyclic) bond motifs is 1. The Morgan fingerprint density at radius 1 is 1.20 bits per heavy atom. The predicted octanol–water partition coefficient (Wildman–Crippen LogP) is 3.74. The van der Waals surface area contributed by atoms with Crippen LogP contribution in [0, 0.1) is 18.3 Å². The van der Waals surface area contributed by atoms with Crippen LogP contribution < -0.4 is 5.32 Å². The summed E-state index contributed by atoms with van der Waals surface area (Å²) in [5.74, 6) is -0.342. The molecule has 4 heteroatoms. The fraction of sp³-hybridized carbons (Fsp3) is 0.143. The number of nitriles is 1. The van der Waals surface area contributed by atoms with Crippen molar-refractivity contribution in [2.45, 2.75) is 13.3 Å². The molecule has 1 heterocycles. The Hall–Kier alpha value is -3.32. The zero-order valence-corrected chi connectivity index (χ0v) is 14.0. The van der Waals surface area contributed by atoms with Crippen molar-refractivity contribution < 1.29 is 4.79 Å². The molecule has 0 saturated heterocycles. The third-order valence-electron chi connectivity index (χ3n) is 4.21. The van der Waals surface area contributed by atoms with Gasteiger partial charge in [-0.15, -0.1) is 0 Å². The summed E-state index contributed by atoms with van der Waals surface area (Å²) in [6, 6.07) is 17.7. The lowest BCUT2D eigenvalue weighted by Gasteiger charge is -2.05. The van der Waals surface area contributed by atoms with Gasteiger partial charge in [-0.3, -0.25) is 4.79 Å². The number of aromatic nitrogens is 1. The van der Waals surface area contributed by atoms with E-state index in [0.717, 1.165) is 27.6 Å². The van der Waals surface area contributed by atoms with E-state index >= 15 is 0 Å². The number of hydrogen-bond donors (Lipinski definition) is 2. The maximum atomic E-state index is 12.3. The number of amides is 1. The molecule has 2 aromatic carbocycles. The van der Waals surface area contributed by atoms with Crippen LogP contribution in [0.3, 0.4) is 0 Å². The third kappa shape index (κ3) is 3.78. The normalized spacial score (nSPS) is 11.3. The van der Waals surface area contributed by atoms with Crippen molar-refractivity contribution in [2.24, 2.45) is 0 Å². The van der Waals surface area contributed by atoms with Gasteiger partial charge in [0, 0.05) is 23.6 Å². The molecular formula is C21H19N3O. The SMILES string of the molecule is Cc1ccccc1/C=C(\C#N)C(=O)NCCc1c[nH]c2ccccc12. The minimum atomic E-state index is -0.342. The van der Waals surface area contributed by atoms with Gasteiger partial charge in [0.25, 0.3) is 5.91 Å². The van der Waals surface area contributed by atoms with Crippen molar-refractivity contribution in [1.82, 2.24) is 10.3 Å². The maximum Gasteiger partial charge on any atom is 0.261 e. The van der Waals surface area contributed by atoms with Gasteiger partial charge < -0.3 is 10.3 Å². The van der Waals surface area contributed by atoms with Crippen LogP contribution >= 0.6 is 0 Å². The van der Waals surface area contributed by atoms with Crippen molar-refractivity contribution in [3.63, 3.8) is 0 Å². The molecule has 124 valence electrons. The van der Waals surface area contributed by atoms with E-state index in [1.165, 1.54) is 0 Å². The largest absolute Gasteiger partial charge is 0.361 e. The van der Waals surface area contributed by atoms with E-state index in [4.69, 9.17) is 0 Å². The molecule has 0 aliphatic rings. The molecule has 2 N–H and O–H groups in total. The summed E-state index contributed by atoms with van der Waals surface area (Å²) >= 11 is 0. The average Bonchev–Trinajstić information content (AvgIpc) is 3.04. The molecule has 0 unspecified atom stereocenters. The number of benzene rings is 2. The summed E-state index contributed by atoms with van der Waals surface area (Å²) in [6.07, 6.45) is 4.31. The Morgan fingerprint density at radius 3 is 2.76 bits per heavy atom. The Labute approximate surface area is 146 Å². The second-order valence-electron chi connectivity index (χ2n) is 5.89. The van der Waals surface area contributed by atoms with Gasteiger partial charge in [-0.25, -0.2) is 0 Å². The number of nitrogens with one attached hydrogen (secondary N) is 2. The number of H-pyrrole nitrogens is 1. The van der Waals surface area contributed by atoms with Crippen LogP contribution in [-0.4, -0.2) is 17.4 Å². The number of aryl methyl sites for hydroxylation is 1. The molecule has 4 nitrogen and oxygen atoms in total. The molecule has 25 heavy (non-hydrogen) atoms. The van der Waals surface area contributed by atoms with E-state index in [1.54, 1.807) is 6.08 Å². The van der Waals surface area contributed by atoms with Crippen molar-refractivity contribution in [2.75, 3.05) is 6.54 Å². The van der Waals surface area contributed by atoms with Crippen molar-refractivity contribution in [3.8, 4) is 6.07 Å². The summed E-state index contributed by atoms with van der Waals surface area (Å²) < 4.78 is 0. The lowest BCUT2D eigenvalue weighted by molar-refractivity contribution is -0.117. The molecule has 1 amide bonds. The van der Waals surface area contributed by atoms with Gasteiger partial charge in [-0.1, -0.05) is 42.5 Å². The fourth-order valence-electron chi connectivity index (χ4n) is 2.80. The van der Waals surface area contributed by atoms with E-state index in [1.807, 2.05) is 61.7 Å². The van der Waals surface area contributed by atoms with E-state index in [-0.39, 0.29) is 11.5 Å². The van der Waals surface area contributed by atoms with Gasteiger partial charge in [0.2, 0.25) is 0 Å². The van der Waals surface area contributed by atoms with Crippen molar-refractivity contribution >= 4 is 22.9 Å². The van der Waals surface area contributed by atoms with E-state index in [2.05, 4.69) is 16.4 Å². The summed E-state index contributed by atoms with van der Waals surface area (Å²) in [5.41, 5.74) is 4.26. The van der Waals surface area contributed by atoms with Gasteiger partial charge in [0.1, 0.15) is 11.6 Å². The van der Waals surface area contributed by atoms with E-state index in [0.29, 0.717) is 13.0 Å². The molecular weight excluding hydrogens is 310 g/mol. The Bertz CT molecular complexity index is 976. The van der Waals surface area contributed by atoms with Gasteiger partial charge in [0.05, 0.1) is 0 Å². The van der Waals surface area contributed by atoms with Crippen LogP contribution in [0.5, 0.6) is 0 Å². The molecule has 0 bridgehead atoms. The highest BCUT2D eigenvalue weighted by Crippen LogP contribution is 2.17. The number of carbonyl (C=O) groups is 1. The summed E-state index contributed by atoms with van der Waals surface area (Å²) in [4.78, 5) is 15.5. The highest BCUT2D eigenvalue weighted by molar-refractivity contribution is 6.01. The maximum absolute atomic E-state index is 12.3. The number of nitrogens with zero attached hydrogens (tertiary/aromatic N) is 1. The number of carbonyl (C=O) groups excluding carboxylic acids is 1. The first kappa shape index (κ1) is 16.5. The highest BCUT2D eigenvalue weighted by atomic mass is 16.1. The third-order valence-corrected chi connectivity index (χ3v) is 4.21. The lowest BCUT2D eigenvalue weighted by atomic mass is 10.1. The summed E-state index contributed by atoms with van der Waals surface area (Å²) in [5, 5.41) is 13.3. The monoisotopic (exact) mass is 329 g/mol. The molecule has 0 aliphatic carbocycles. The molecule has 0 radical (unpaired) electrons. The number of aromatic amines is 1. The van der Waals surface area contributed by atoms with Crippen molar-refractivity contribution in [1.29, 1.82) is 5.26 Å². The Morgan fingerprint density at radius 2 is 1.96 bits per heavy atom. The quantitative estimate of drug-likeness (QED) is 0.553. The Kier molecular flexibility index (Phi) is 4.96. The van der Waals surface area contributed by atoms with Crippen LogP contribution in [0.15, 0.2) is 60.3 Å². The minimum absolute atomic E-state index is 0.119. The van der Waals surface area contributed by atoms with Crippen LogP contribution in [0.4, 0.5) is 0 Å². The molecule has 0 atom stereocenters. The standard InChI is InChI=1S/C21H19N3O/c1-15-6-2-3-7-16(15)12-18(13-22)21(25)23-11-10-17-14-24-20-9-5-4-8-19(17)20/h2-9,12,14,24H,10-11H2,1H3,(H,23,25)/b18-12+. The van der Waals surface area contributed by atoms with Crippen LogP contribution in [-0.2, 0) is 11.2 Å².